The van der Waals surface area contributed by atoms with E-state index in [9.17, 15) is 9.59 Å². The lowest BCUT2D eigenvalue weighted by Crippen LogP contribution is -2.37. The number of hydrogen-bond donors (Lipinski definition) is 0. The van der Waals surface area contributed by atoms with Crippen LogP contribution in [0.25, 0.3) is 11.3 Å². The van der Waals surface area contributed by atoms with E-state index in [4.69, 9.17) is 14.0 Å². The number of carbonyl (C=O) groups is 2. The molecule has 0 saturated carbocycles. The SMILES string of the molecule is CCCOc1ccc(N2C(=O)[C@@H]3[C@H](ON(c4ccccc4)[C@@H]3c3ccc(-c4ccc(Br)cc4)o3)C2=O)cc1. The number of imide groups is 1. The van der Waals surface area contributed by atoms with Gasteiger partial charge >= 0.3 is 0 Å². The standard InChI is InChI=1S/C30H25BrN2O5/c1-2-18-36-23-14-12-21(13-15-23)32-29(34)26-27(25-17-16-24(37-25)19-8-10-20(31)11-9-19)33(38-28(26)30(32)35)22-6-4-3-5-7-22/h3-17,26-28H,2,18H2,1H3/t26-,27+,28-/m0/s1. The van der Waals surface area contributed by atoms with Crippen molar-refractivity contribution < 1.29 is 23.6 Å². The first-order valence-corrected chi connectivity index (χ1v) is 13.3. The third-order valence-electron chi connectivity index (χ3n) is 6.74. The van der Waals surface area contributed by atoms with Crippen molar-refractivity contribution in [2.75, 3.05) is 16.6 Å². The van der Waals surface area contributed by atoms with Gasteiger partial charge < -0.3 is 9.15 Å². The Bertz CT molecular complexity index is 1450. The van der Waals surface area contributed by atoms with Gasteiger partial charge in [-0.05, 0) is 67.1 Å². The van der Waals surface area contributed by atoms with Gasteiger partial charge in [-0.1, -0.05) is 53.2 Å². The molecule has 1 aromatic heterocycles. The summed E-state index contributed by atoms with van der Waals surface area (Å²) in [5.74, 6) is 0.404. The first kappa shape index (κ1) is 24.5. The molecule has 2 aliphatic rings. The molecular formula is C30H25BrN2O5. The summed E-state index contributed by atoms with van der Waals surface area (Å²) in [5.41, 5.74) is 2.13. The molecule has 2 fully saturated rings. The highest BCUT2D eigenvalue weighted by Gasteiger charge is 2.61. The number of para-hydroxylation sites is 1. The molecule has 0 aliphatic carbocycles. The molecule has 38 heavy (non-hydrogen) atoms. The number of fused-ring (bicyclic) bond motifs is 1. The van der Waals surface area contributed by atoms with Gasteiger partial charge in [0.1, 0.15) is 29.2 Å². The van der Waals surface area contributed by atoms with E-state index in [2.05, 4.69) is 15.9 Å². The van der Waals surface area contributed by atoms with Crippen LogP contribution in [0, 0.1) is 5.92 Å². The molecular weight excluding hydrogens is 548 g/mol. The molecule has 192 valence electrons. The van der Waals surface area contributed by atoms with Crippen LogP contribution in [0.5, 0.6) is 5.75 Å². The van der Waals surface area contributed by atoms with E-state index in [1.54, 1.807) is 29.3 Å². The predicted molar refractivity (Wildman–Crippen MR) is 147 cm³/mol. The fraction of sp³-hybridized carbons (Fsp3) is 0.200. The zero-order chi connectivity index (χ0) is 26.2. The van der Waals surface area contributed by atoms with Crippen LogP contribution in [0.4, 0.5) is 11.4 Å². The Morgan fingerprint density at radius 3 is 2.29 bits per heavy atom. The summed E-state index contributed by atoms with van der Waals surface area (Å²) in [6, 6.07) is 27.3. The third-order valence-corrected chi connectivity index (χ3v) is 7.27. The Morgan fingerprint density at radius 2 is 1.58 bits per heavy atom. The number of halogens is 1. The highest BCUT2D eigenvalue weighted by Crippen LogP contribution is 2.48. The van der Waals surface area contributed by atoms with Crippen molar-refractivity contribution in [2.45, 2.75) is 25.5 Å². The van der Waals surface area contributed by atoms with Crippen LogP contribution in [0.2, 0.25) is 0 Å². The van der Waals surface area contributed by atoms with E-state index in [1.807, 2.05) is 73.7 Å². The third kappa shape index (κ3) is 4.29. The second-order valence-electron chi connectivity index (χ2n) is 9.22. The topological polar surface area (TPSA) is 72.2 Å². The van der Waals surface area contributed by atoms with Gasteiger partial charge in [-0.2, -0.15) is 0 Å². The van der Waals surface area contributed by atoms with Crippen LogP contribution < -0.4 is 14.7 Å². The van der Waals surface area contributed by atoms with Crippen LogP contribution in [-0.4, -0.2) is 24.5 Å². The summed E-state index contributed by atoms with van der Waals surface area (Å²) >= 11 is 3.46. The van der Waals surface area contributed by atoms with Crippen molar-refractivity contribution in [3.05, 3.63) is 101 Å². The lowest BCUT2D eigenvalue weighted by atomic mass is 9.94. The van der Waals surface area contributed by atoms with Crippen molar-refractivity contribution in [1.29, 1.82) is 0 Å². The van der Waals surface area contributed by atoms with E-state index in [1.165, 1.54) is 4.90 Å². The van der Waals surface area contributed by atoms with Gasteiger partial charge in [0.25, 0.3) is 5.91 Å². The molecule has 3 atom stereocenters. The summed E-state index contributed by atoms with van der Waals surface area (Å²) in [6.45, 7) is 2.63. The maximum atomic E-state index is 13.8. The van der Waals surface area contributed by atoms with Crippen LogP contribution >= 0.6 is 15.9 Å². The first-order valence-electron chi connectivity index (χ1n) is 12.5. The van der Waals surface area contributed by atoms with Crippen LogP contribution in [0.15, 0.2) is 99.9 Å². The normalized spacial score (nSPS) is 20.7. The zero-order valence-corrected chi connectivity index (χ0v) is 22.2. The van der Waals surface area contributed by atoms with E-state index in [0.717, 1.165) is 22.1 Å². The zero-order valence-electron chi connectivity index (χ0n) is 20.6. The molecule has 2 saturated heterocycles. The highest BCUT2D eigenvalue weighted by atomic mass is 79.9. The summed E-state index contributed by atoms with van der Waals surface area (Å²) < 4.78 is 12.9. The minimum absolute atomic E-state index is 0.327. The number of anilines is 2. The number of amides is 2. The maximum Gasteiger partial charge on any atom is 0.266 e. The maximum absolute atomic E-state index is 13.8. The second-order valence-corrected chi connectivity index (χ2v) is 10.1. The number of hydrogen-bond acceptors (Lipinski definition) is 6. The summed E-state index contributed by atoms with van der Waals surface area (Å²) in [7, 11) is 0. The number of ether oxygens (including phenoxy) is 1. The van der Waals surface area contributed by atoms with Crippen LogP contribution in [0.1, 0.15) is 25.1 Å². The minimum atomic E-state index is -0.968. The molecule has 6 rings (SSSR count). The van der Waals surface area contributed by atoms with Gasteiger partial charge in [0.15, 0.2) is 6.10 Å². The fourth-order valence-electron chi connectivity index (χ4n) is 4.95. The molecule has 2 aliphatic heterocycles. The Balaban J connectivity index is 1.35. The van der Waals surface area contributed by atoms with Gasteiger partial charge in [0.2, 0.25) is 5.91 Å². The lowest BCUT2D eigenvalue weighted by Gasteiger charge is -2.27. The highest BCUT2D eigenvalue weighted by molar-refractivity contribution is 9.10. The van der Waals surface area contributed by atoms with Crippen LogP contribution in [0.3, 0.4) is 0 Å². The molecule has 3 aromatic carbocycles. The molecule has 4 aromatic rings. The number of rotatable bonds is 7. The number of nitrogens with zero attached hydrogens (tertiary/aromatic N) is 2. The van der Waals surface area contributed by atoms with Crippen molar-refractivity contribution in [2.24, 2.45) is 5.92 Å². The molecule has 3 heterocycles. The molecule has 0 radical (unpaired) electrons. The Kier molecular flexibility index (Phi) is 6.51. The monoisotopic (exact) mass is 572 g/mol. The van der Waals surface area contributed by atoms with Crippen molar-refractivity contribution >= 4 is 39.1 Å². The predicted octanol–water partition coefficient (Wildman–Crippen LogP) is 6.55. The van der Waals surface area contributed by atoms with E-state index in [0.29, 0.717) is 29.6 Å². The molecule has 7 nitrogen and oxygen atoms in total. The van der Waals surface area contributed by atoms with Gasteiger partial charge in [-0.15, -0.1) is 0 Å². The smallest absolute Gasteiger partial charge is 0.266 e. The van der Waals surface area contributed by atoms with Gasteiger partial charge in [-0.25, -0.2) is 9.96 Å². The Hall–Kier alpha value is -3.88. The first-order chi connectivity index (χ1) is 18.5. The number of furan rings is 1. The molecule has 0 N–H and O–H groups in total. The second kappa shape index (κ2) is 10.1. The molecule has 0 unspecified atom stereocenters. The average molecular weight is 573 g/mol. The van der Waals surface area contributed by atoms with Gasteiger partial charge in [0, 0.05) is 10.0 Å². The Labute approximate surface area is 228 Å². The van der Waals surface area contributed by atoms with E-state index < -0.39 is 24.0 Å². The van der Waals surface area contributed by atoms with Gasteiger partial charge in [-0.3, -0.25) is 14.4 Å². The van der Waals surface area contributed by atoms with Crippen molar-refractivity contribution in [3.8, 4) is 17.1 Å². The average Bonchev–Trinajstić information content (AvgIpc) is 3.64. The number of carbonyl (C=O) groups excluding carboxylic acids is 2. The van der Waals surface area contributed by atoms with Crippen molar-refractivity contribution in [3.63, 3.8) is 0 Å². The number of hydroxylamine groups is 1. The number of benzene rings is 3. The van der Waals surface area contributed by atoms with Crippen molar-refractivity contribution in [1.82, 2.24) is 0 Å². The molecule has 2 amide bonds. The summed E-state index contributed by atoms with van der Waals surface area (Å²) in [5, 5.41) is 1.63. The fourth-order valence-corrected chi connectivity index (χ4v) is 5.21. The van der Waals surface area contributed by atoms with E-state index in [-0.39, 0.29) is 5.91 Å². The summed E-state index contributed by atoms with van der Waals surface area (Å²) in [4.78, 5) is 34.8. The van der Waals surface area contributed by atoms with Crippen LogP contribution in [-0.2, 0) is 14.4 Å². The van der Waals surface area contributed by atoms with Gasteiger partial charge in [0.05, 0.1) is 18.0 Å². The molecule has 0 spiro atoms. The summed E-state index contributed by atoms with van der Waals surface area (Å²) in [6.07, 6.45) is -0.0776. The Morgan fingerprint density at radius 1 is 0.842 bits per heavy atom. The lowest BCUT2D eigenvalue weighted by molar-refractivity contribution is -0.126. The largest absolute Gasteiger partial charge is 0.494 e. The quantitative estimate of drug-likeness (QED) is 0.234. The molecule has 0 bridgehead atoms. The minimum Gasteiger partial charge on any atom is -0.494 e. The molecule has 8 heteroatoms. The van der Waals surface area contributed by atoms with E-state index >= 15 is 0 Å².